The molecule has 1 aromatic carbocycles. The Morgan fingerprint density at radius 1 is 1.15 bits per heavy atom. The minimum atomic E-state index is 0.0618. The summed E-state index contributed by atoms with van der Waals surface area (Å²) in [5.41, 5.74) is 2.17. The van der Waals surface area contributed by atoms with Crippen LogP contribution in [0.4, 0.5) is 0 Å². The van der Waals surface area contributed by atoms with Crippen molar-refractivity contribution < 1.29 is 0 Å². The molecule has 5 heteroatoms. The van der Waals surface area contributed by atoms with Gasteiger partial charge in [-0.25, -0.2) is 15.0 Å². The van der Waals surface area contributed by atoms with Crippen LogP contribution in [0.5, 0.6) is 0 Å². The fourth-order valence-corrected chi connectivity index (χ4v) is 2.37. The van der Waals surface area contributed by atoms with Crippen LogP contribution in [0.3, 0.4) is 0 Å². The standard InChI is InChI=1S/C15H17N5/c1-16-12(15-17-8-5-9-18-15)10-14-19-11-6-3-4-7-13(11)20(14)2/h3-9,12,16H,10H2,1-2H3. The third kappa shape index (κ3) is 2.28. The zero-order valence-corrected chi connectivity index (χ0v) is 11.6. The van der Waals surface area contributed by atoms with Crippen LogP contribution in [0, 0.1) is 0 Å². The number of nitrogens with one attached hydrogen (secondary N) is 1. The molecule has 5 nitrogen and oxygen atoms in total. The largest absolute Gasteiger partial charge is 0.331 e. The first-order chi connectivity index (χ1) is 9.79. The molecule has 0 saturated heterocycles. The van der Waals surface area contributed by atoms with Gasteiger partial charge in [0.15, 0.2) is 0 Å². The Balaban J connectivity index is 1.94. The van der Waals surface area contributed by atoms with E-state index in [-0.39, 0.29) is 6.04 Å². The lowest BCUT2D eigenvalue weighted by Gasteiger charge is -2.14. The maximum atomic E-state index is 4.69. The van der Waals surface area contributed by atoms with E-state index in [9.17, 15) is 0 Å². The summed E-state index contributed by atoms with van der Waals surface area (Å²) in [6.45, 7) is 0. The van der Waals surface area contributed by atoms with E-state index in [1.807, 2.05) is 38.4 Å². The van der Waals surface area contributed by atoms with Gasteiger partial charge in [0.1, 0.15) is 11.6 Å². The van der Waals surface area contributed by atoms with Crippen LogP contribution in [-0.4, -0.2) is 26.6 Å². The molecule has 0 amide bonds. The van der Waals surface area contributed by atoms with Crippen LogP contribution in [0.25, 0.3) is 11.0 Å². The molecular weight excluding hydrogens is 250 g/mol. The number of aryl methyl sites for hydroxylation is 1. The third-order valence-electron chi connectivity index (χ3n) is 3.51. The fourth-order valence-electron chi connectivity index (χ4n) is 2.37. The predicted molar refractivity (Wildman–Crippen MR) is 78.3 cm³/mol. The molecule has 20 heavy (non-hydrogen) atoms. The van der Waals surface area contributed by atoms with Crippen molar-refractivity contribution in [3.05, 3.63) is 54.4 Å². The van der Waals surface area contributed by atoms with Crippen molar-refractivity contribution in [3.8, 4) is 0 Å². The van der Waals surface area contributed by atoms with Gasteiger partial charge < -0.3 is 9.88 Å². The zero-order valence-electron chi connectivity index (χ0n) is 11.6. The summed E-state index contributed by atoms with van der Waals surface area (Å²) < 4.78 is 2.13. The van der Waals surface area contributed by atoms with E-state index in [0.29, 0.717) is 0 Å². The first kappa shape index (κ1) is 12.7. The number of hydrogen-bond acceptors (Lipinski definition) is 4. The van der Waals surface area contributed by atoms with Crippen molar-refractivity contribution >= 4 is 11.0 Å². The average Bonchev–Trinajstić information content (AvgIpc) is 2.82. The van der Waals surface area contributed by atoms with Gasteiger partial charge in [-0.2, -0.15) is 0 Å². The maximum absolute atomic E-state index is 4.69. The van der Waals surface area contributed by atoms with Gasteiger partial charge in [0.25, 0.3) is 0 Å². The highest BCUT2D eigenvalue weighted by atomic mass is 15.1. The normalized spacial score (nSPS) is 12.7. The molecule has 0 fully saturated rings. The Kier molecular flexibility index (Phi) is 3.43. The van der Waals surface area contributed by atoms with E-state index < -0.39 is 0 Å². The summed E-state index contributed by atoms with van der Waals surface area (Å²) in [7, 11) is 3.97. The van der Waals surface area contributed by atoms with Gasteiger partial charge >= 0.3 is 0 Å². The maximum Gasteiger partial charge on any atom is 0.145 e. The van der Waals surface area contributed by atoms with Crippen LogP contribution in [0.1, 0.15) is 17.7 Å². The first-order valence-electron chi connectivity index (χ1n) is 6.64. The smallest absolute Gasteiger partial charge is 0.145 e. The Bertz CT molecular complexity index is 705. The quantitative estimate of drug-likeness (QED) is 0.784. The highest BCUT2D eigenvalue weighted by Crippen LogP contribution is 2.18. The van der Waals surface area contributed by atoms with Gasteiger partial charge in [-0.05, 0) is 25.2 Å². The minimum Gasteiger partial charge on any atom is -0.331 e. The molecule has 102 valence electrons. The van der Waals surface area contributed by atoms with Crippen LogP contribution in [-0.2, 0) is 13.5 Å². The van der Waals surface area contributed by atoms with E-state index in [4.69, 9.17) is 4.98 Å². The number of nitrogens with zero attached hydrogens (tertiary/aromatic N) is 4. The minimum absolute atomic E-state index is 0.0618. The fraction of sp³-hybridized carbons (Fsp3) is 0.267. The van der Waals surface area contributed by atoms with Crippen molar-refractivity contribution in [2.75, 3.05) is 7.05 Å². The number of benzene rings is 1. The van der Waals surface area contributed by atoms with Crippen molar-refractivity contribution in [2.24, 2.45) is 7.05 Å². The Labute approximate surface area is 117 Å². The summed E-state index contributed by atoms with van der Waals surface area (Å²) in [6, 6.07) is 10.0. The summed E-state index contributed by atoms with van der Waals surface area (Å²) in [4.78, 5) is 13.3. The SMILES string of the molecule is CNC(Cc1nc2ccccc2n1C)c1ncccn1. The Morgan fingerprint density at radius 2 is 1.90 bits per heavy atom. The Hall–Kier alpha value is -2.27. The van der Waals surface area contributed by atoms with E-state index in [2.05, 4.69) is 25.9 Å². The molecule has 0 bridgehead atoms. The lowest BCUT2D eigenvalue weighted by atomic mass is 10.2. The van der Waals surface area contributed by atoms with Gasteiger partial charge in [0, 0.05) is 25.9 Å². The lowest BCUT2D eigenvalue weighted by molar-refractivity contribution is 0.536. The van der Waals surface area contributed by atoms with Crippen LogP contribution in [0.2, 0.25) is 0 Å². The lowest BCUT2D eigenvalue weighted by Crippen LogP contribution is -2.22. The van der Waals surface area contributed by atoms with Crippen molar-refractivity contribution in [1.82, 2.24) is 24.8 Å². The van der Waals surface area contributed by atoms with Crippen molar-refractivity contribution in [3.63, 3.8) is 0 Å². The second-order valence-corrected chi connectivity index (χ2v) is 4.73. The highest BCUT2D eigenvalue weighted by molar-refractivity contribution is 5.75. The topological polar surface area (TPSA) is 55.6 Å². The van der Waals surface area contributed by atoms with E-state index in [0.717, 1.165) is 29.1 Å². The number of fused-ring (bicyclic) bond motifs is 1. The molecule has 1 atom stereocenters. The van der Waals surface area contributed by atoms with E-state index in [1.165, 1.54) is 0 Å². The molecule has 0 spiro atoms. The van der Waals surface area contributed by atoms with Gasteiger partial charge in [0.2, 0.25) is 0 Å². The third-order valence-corrected chi connectivity index (χ3v) is 3.51. The highest BCUT2D eigenvalue weighted by Gasteiger charge is 2.16. The summed E-state index contributed by atoms with van der Waals surface area (Å²) in [6.07, 6.45) is 4.29. The molecular formula is C15H17N5. The number of hydrogen-bond donors (Lipinski definition) is 1. The summed E-state index contributed by atoms with van der Waals surface area (Å²) >= 11 is 0. The zero-order chi connectivity index (χ0) is 13.9. The predicted octanol–water partition coefficient (Wildman–Crippen LogP) is 1.87. The van der Waals surface area contributed by atoms with Gasteiger partial charge in [-0.3, -0.25) is 0 Å². The van der Waals surface area contributed by atoms with Gasteiger partial charge in [0.05, 0.1) is 17.1 Å². The molecule has 0 aliphatic carbocycles. The second-order valence-electron chi connectivity index (χ2n) is 4.73. The van der Waals surface area contributed by atoms with Crippen LogP contribution < -0.4 is 5.32 Å². The summed E-state index contributed by atoms with van der Waals surface area (Å²) in [5, 5.41) is 3.26. The molecule has 3 rings (SSSR count). The molecule has 2 aromatic heterocycles. The van der Waals surface area contributed by atoms with Crippen LogP contribution >= 0.6 is 0 Å². The number of likely N-dealkylation sites (N-methyl/N-ethyl adjacent to an activating group) is 1. The van der Waals surface area contributed by atoms with E-state index in [1.54, 1.807) is 12.4 Å². The first-order valence-corrected chi connectivity index (χ1v) is 6.64. The molecule has 0 aliphatic rings. The average molecular weight is 267 g/mol. The number of aromatic nitrogens is 4. The number of para-hydroxylation sites is 2. The molecule has 0 saturated carbocycles. The van der Waals surface area contributed by atoms with Gasteiger partial charge in [-0.15, -0.1) is 0 Å². The second kappa shape index (κ2) is 5.38. The van der Waals surface area contributed by atoms with Crippen molar-refractivity contribution in [2.45, 2.75) is 12.5 Å². The number of rotatable bonds is 4. The molecule has 2 heterocycles. The molecule has 1 N–H and O–H groups in total. The van der Waals surface area contributed by atoms with Crippen LogP contribution in [0.15, 0.2) is 42.7 Å². The molecule has 3 aromatic rings. The molecule has 1 unspecified atom stereocenters. The summed E-state index contributed by atoms with van der Waals surface area (Å²) in [5.74, 6) is 1.82. The van der Waals surface area contributed by atoms with E-state index >= 15 is 0 Å². The number of imidazole rings is 1. The molecule has 0 radical (unpaired) electrons. The van der Waals surface area contributed by atoms with Gasteiger partial charge in [-0.1, -0.05) is 12.1 Å². The molecule has 0 aliphatic heterocycles. The van der Waals surface area contributed by atoms with Crippen molar-refractivity contribution in [1.29, 1.82) is 0 Å². The Morgan fingerprint density at radius 3 is 2.60 bits per heavy atom. The monoisotopic (exact) mass is 267 g/mol.